The molecule has 1 aromatic rings. The Morgan fingerprint density at radius 3 is 2.60 bits per heavy atom. The Morgan fingerprint density at radius 1 is 1.45 bits per heavy atom. The first kappa shape index (κ1) is 14.4. The molecule has 1 saturated carbocycles. The predicted molar refractivity (Wildman–Crippen MR) is 67.3 cm³/mol. The van der Waals surface area contributed by atoms with Gasteiger partial charge in [0.25, 0.3) is 5.91 Å². The number of nitrogens with zero attached hydrogens (tertiary/aromatic N) is 1. The number of hydrogen-bond acceptors (Lipinski definition) is 3. The summed E-state index contributed by atoms with van der Waals surface area (Å²) >= 11 is 0. The van der Waals surface area contributed by atoms with Crippen molar-refractivity contribution >= 4 is 11.6 Å². The van der Waals surface area contributed by atoms with Crippen LogP contribution >= 0.6 is 0 Å². The lowest BCUT2D eigenvalue weighted by molar-refractivity contribution is -0.387. The van der Waals surface area contributed by atoms with Crippen molar-refractivity contribution in [2.24, 2.45) is 5.41 Å². The van der Waals surface area contributed by atoms with E-state index in [0.29, 0.717) is 18.7 Å². The van der Waals surface area contributed by atoms with Gasteiger partial charge in [0.05, 0.1) is 16.6 Å². The molecule has 1 N–H and O–H groups in total. The number of hydrogen-bond donors (Lipinski definition) is 1. The number of amides is 1. The van der Waals surface area contributed by atoms with Crippen LogP contribution < -0.4 is 5.32 Å². The summed E-state index contributed by atoms with van der Waals surface area (Å²) in [7, 11) is 0. The molecule has 0 heterocycles. The highest BCUT2D eigenvalue weighted by Crippen LogP contribution is 2.47. The molecule has 2 rings (SSSR count). The molecule has 1 fully saturated rings. The maximum absolute atomic E-state index is 13.8. The minimum atomic E-state index is -1.31. The van der Waals surface area contributed by atoms with E-state index in [4.69, 9.17) is 0 Å². The van der Waals surface area contributed by atoms with E-state index in [1.165, 1.54) is 0 Å². The van der Waals surface area contributed by atoms with Crippen LogP contribution in [-0.4, -0.2) is 17.4 Å². The van der Waals surface area contributed by atoms with Crippen LogP contribution in [0.15, 0.2) is 12.1 Å². The van der Waals surface area contributed by atoms with Crippen LogP contribution in [0, 0.1) is 27.2 Å². The molecule has 1 aliphatic carbocycles. The average molecular weight is 284 g/mol. The summed E-state index contributed by atoms with van der Waals surface area (Å²) in [6.45, 7) is 2.36. The van der Waals surface area contributed by atoms with Crippen molar-refractivity contribution in [1.29, 1.82) is 0 Å². The van der Waals surface area contributed by atoms with Gasteiger partial charge in [-0.15, -0.1) is 0 Å². The third-order valence-electron chi connectivity index (χ3n) is 3.79. The van der Waals surface area contributed by atoms with Crippen LogP contribution in [0.5, 0.6) is 0 Å². The van der Waals surface area contributed by atoms with Crippen molar-refractivity contribution in [3.8, 4) is 0 Å². The number of nitrogens with one attached hydrogen (secondary N) is 1. The molecule has 0 spiro atoms. The molecule has 1 aromatic carbocycles. The molecular weight excluding hydrogens is 270 g/mol. The van der Waals surface area contributed by atoms with Crippen LogP contribution in [0.4, 0.5) is 14.5 Å². The van der Waals surface area contributed by atoms with Crippen LogP contribution in [-0.2, 0) is 0 Å². The molecule has 0 saturated heterocycles. The quantitative estimate of drug-likeness (QED) is 0.667. The van der Waals surface area contributed by atoms with Gasteiger partial charge in [0.1, 0.15) is 5.82 Å². The highest BCUT2D eigenvalue weighted by atomic mass is 19.1. The fourth-order valence-corrected chi connectivity index (χ4v) is 2.07. The first-order chi connectivity index (χ1) is 9.38. The van der Waals surface area contributed by atoms with Gasteiger partial charge in [0.15, 0.2) is 0 Å². The molecule has 20 heavy (non-hydrogen) atoms. The van der Waals surface area contributed by atoms with Gasteiger partial charge in [0, 0.05) is 6.54 Å². The fraction of sp³-hybridized carbons (Fsp3) is 0.462. The topological polar surface area (TPSA) is 72.2 Å². The number of nitro benzene ring substituents is 1. The van der Waals surface area contributed by atoms with Gasteiger partial charge in [-0.3, -0.25) is 14.9 Å². The molecule has 1 aliphatic rings. The Labute approximate surface area is 114 Å². The van der Waals surface area contributed by atoms with E-state index >= 15 is 0 Å². The highest BCUT2D eigenvalue weighted by molar-refractivity contribution is 5.95. The average Bonchev–Trinajstić information content (AvgIpc) is 3.18. The number of rotatable bonds is 5. The third-order valence-corrected chi connectivity index (χ3v) is 3.79. The maximum atomic E-state index is 13.8. The fourth-order valence-electron chi connectivity index (χ4n) is 2.07. The van der Waals surface area contributed by atoms with Crippen molar-refractivity contribution in [1.82, 2.24) is 5.32 Å². The lowest BCUT2D eigenvalue weighted by atomic mass is 10.0. The second kappa shape index (κ2) is 5.15. The Balaban J connectivity index is 2.19. The summed E-state index contributed by atoms with van der Waals surface area (Å²) in [6, 6.07) is 1.13. The standard InChI is InChI=1S/C13H14F2N2O3/c1-2-13(3-4-13)7-16-12(18)9-5-8(14)6-10(11(9)15)17(19)20/h5-6H,2-4,7H2,1H3,(H,16,18). The second-order valence-corrected chi connectivity index (χ2v) is 5.08. The summed E-state index contributed by atoms with van der Waals surface area (Å²) in [5.74, 6) is -3.15. The Hall–Kier alpha value is -2.05. The van der Waals surface area contributed by atoms with Crippen molar-refractivity contribution < 1.29 is 18.5 Å². The van der Waals surface area contributed by atoms with E-state index in [-0.39, 0.29) is 5.41 Å². The summed E-state index contributed by atoms with van der Waals surface area (Å²) < 4.78 is 27.0. The smallest absolute Gasteiger partial charge is 0.308 e. The summed E-state index contributed by atoms with van der Waals surface area (Å²) in [5, 5.41) is 13.1. The largest absolute Gasteiger partial charge is 0.351 e. The molecule has 5 nitrogen and oxygen atoms in total. The van der Waals surface area contributed by atoms with E-state index in [0.717, 1.165) is 19.3 Å². The van der Waals surface area contributed by atoms with E-state index in [1.807, 2.05) is 6.92 Å². The molecule has 0 aliphatic heterocycles. The first-order valence-corrected chi connectivity index (χ1v) is 6.30. The van der Waals surface area contributed by atoms with Crippen LogP contribution in [0.1, 0.15) is 36.5 Å². The molecule has 0 bridgehead atoms. The van der Waals surface area contributed by atoms with Crippen molar-refractivity contribution in [2.75, 3.05) is 6.54 Å². The van der Waals surface area contributed by atoms with Crippen LogP contribution in [0.2, 0.25) is 0 Å². The van der Waals surface area contributed by atoms with Crippen LogP contribution in [0.3, 0.4) is 0 Å². The summed E-state index contributed by atoms with van der Waals surface area (Å²) in [5.41, 5.74) is -1.62. The number of benzene rings is 1. The lowest BCUT2D eigenvalue weighted by Crippen LogP contribution is -2.30. The van der Waals surface area contributed by atoms with E-state index in [2.05, 4.69) is 5.32 Å². The molecular formula is C13H14F2N2O3. The lowest BCUT2D eigenvalue weighted by Gasteiger charge is -2.13. The van der Waals surface area contributed by atoms with Crippen molar-refractivity contribution in [3.05, 3.63) is 39.4 Å². The van der Waals surface area contributed by atoms with Gasteiger partial charge in [-0.2, -0.15) is 4.39 Å². The van der Waals surface area contributed by atoms with Gasteiger partial charge in [-0.1, -0.05) is 6.92 Å². The van der Waals surface area contributed by atoms with E-state index in [1.54, 1.807) is 0 Å². The van der Waals surface area contributed by atoms with Gasteiger partial charge < -0.3 is 5.32 Å². The SMILES string of the molecule is CCC1(CNC(=O)c2cc(F)cc([N+](=O)[O-])c2F)CC1. The number of nitro groups is 1. The number of carbonyl (C=O) groups excluding carboxylic acids is 1. The van der Waals surface area contributed by atoms with Gasteiger partial charge >= 0.3 is 5.69 Å². The Kier molecular flexibility index (Phi) is 3.69. The Bertz CT molecular complexity index is 571. The minimum Gasteiger partial charge on any atom is -0.351 e. The molecule has 108 valence electrons. The van der Waals surface area contributed by atoms with Gasteiger partial charge in [-0.25, -0.2) is 4.39 Å². The number of carbonyl (C=O) groups is 1. The molecule has 1 amide bonds. The predicted octanol–water partition coefficient (Wildman–Crippen LogP) is 2.79. The molecule has 0 radical (unpaired) electrons. The van der Waals surface area contributed by atoms with Crippen molar-refractivity contribution in [3.63, 3.8) is 0 Å². The molecule has 0 aromatic heterocycles. The minimum absolute atomic E-state index is 0.0470. The molecule has 0 unspecified atom stereocenters. The van der Waals surface area contributed by atoms with Crippen molar-refractivity contribution in [2.45, 2.75) is 26.2 Å². The van der Waals surface area contributed by atoms with Crippen LogP contribution in [0.25, 0.3) is 0 Å². The third kappa shape index (κ3) is 2.76. The maximum Gasteiger partial charge on any atom is 0.308 e. The van der Waals surface area contributed by atoms with E-state index in [9.17, 15) is 23.7 Å². The normalized spacial score (nSPS) is 15.8. The highest BCUT2D eigenvalue weighted by Gasteiger charge is 2.40. The zero-order valence-electron chi connectivity index (χ0n) is 10.9. The number of halogens is 2. The van der Waals surface area contributed by atoms with Gasteiger partial charge in [0.2, 0.25) is 5.82 Å². The summed E-state index contributed by atoms with van der Waals surface area (Å²) in [4.78, 5) is 21.4. The molecule has 0 atom stereocenters. The first-order valence-electron chi connectivity index (χ1n) is 6.30. The zero-order valence-corrected chi connectivity index (χ0v) is 10.9. The Morgan fingerprint density at radius 2 is 2.10 bits per heavy atom. The molecule has 7 heteroatoms. The van der Waals surface area contributed by atoms with Gasteiger partial charge in [-0.05, 0) is 30.7 Å². The second-order valence-electron chi connectivity index (χ2n) is 5.08. The zero-order chi connectivity index (χ0) is 14.9. The van der Waals surface area contributed by atoms with E-state index < -0.39 is 33.7 Å². The summed E-state index contributed by atoms with van der Waals surface area (Å²) in [6.07, 6.45) is 2.85. The monoisotopic (exact) mass is 284 g/mol.